The van der Waals surface area contributed by atoms with Gasteiger partial charge in [-0.2, -0.15) is 18.2 Å². The molecule has 230 valence electrons. The summed E-state index contributed by atoms with van der Waals surface area (Å²) >= 11 is 0. The number of nitrogens with zero attached hydrogens (tertiary/aromatic N) is 4. The van der Waals surface area contributed by atoms with Crippen molar-refractivity contribution in [3.05, 3.63) is 41.8 Å². The van der Waals surface area contributed by atoms with E-state index in [4.69, 9.17) is 14.0 Å². The minimum absolute atomic E-state index is 0.0234. The van der Waals surface area contributed by atoms with Gasteiger partial charge in [-0.05, 0) is 64.7 Å². The van der Waals surface area contributed by atoms with Gasteiger partial charge in [0.15, 0.2) is 0 Å². The number of ether oxygens (including phenoxy) is 2. The van der Waals surface area contributed by atoms with E-state index in [0.29, 0.717) is 25.8 Å². The second kappa shape index (κ2) is 14.2. The molecule has 1 aromatic heterocycles. The van der Waals surface area contributed by atoms with E-state index in [9.17, 15) is 27.9 Å². The standard InChI is InChI=1S/C28H36F3N5O6/c1-5-6-7-8-9-10-16-40-21-14-13-18(17-19(21)28(29,30)31)22-32-23(42-35-22)20-12-11-15-36(20)24(33-25(37)38)34-26(39)41-27(2,3)4/h8-9,13-14,17,20H,5-7,10-12,15-16H2,1-4H3,(H,37,38)(H,33,34,39)/b9-8-/t20-/m0/s1. The molecule has 1 saturated heterocycles. The molecule has 0 aliphatic carbocycles. The number of halogens is 3. The van der Waals surface area contributed by atoms with E-state index in [0.717, 1.165) is 25.3 Å². The second-order valence-corrected chi connectivity index (χ2v) is 10.6. The number of likely N-dealkylation sites (tertiary alicyclic amines) is 1. The zero-order valence-corrected chi connectivity index (χ0v) is 24.0. The van der Waals surface area contributed by atoms with Crippen LogP contribution in [0.4, 0.5) is 22.8 Å². The van der Waals surface area contributed by atoms with E-state index in [1.165, 1.54) is 17.0 Å². The fraction of sp³-hybridized carbons (Fsp3) is 0.536. The molecule has 1 atom stereocenters. The lowest BCUT2D eigenvalue weighted by atomic mass is 10.1. The van der Waals surface area contributed by atoms with Crippen LogP contribution in [0.25, 0.3) is 11.4 Å². The monoisotopic (exact) mass is 595 g/mol. The van der Waals surface area contributed by atoms with Gasteiger partial charge in [-0.25, -0.2) is 9.59 Å². The summed E-state index contributed by atoms with van der Waals surface area (Å²) in [5, 5.41) is 15.5. The van der Waals surface area contributed by atoms with Gasteiger partial charge in [0.1, 0.15) is 17.4 Å². The van der Waals surface area contributed by atoms with Crippen LogP contribution in [0, 0.1) is 0 Å². The first-order chi connectivity index (χ1) is 19.8. The summed E-state index contributed by atoms with van der Waals surface area (Å²) in [5.74, 6) is -0.665. The maximum atomic E-state index is 13.9. The molecule has 2 N–H and O–H groups in total. The van der Waals surface area contributed by atoms with Crippen LogP contribution in [0.3, 0.4) is 0 Å². The molecule has 1 aromatic carbocycles. The number of alkyl carbamates (subject to hydrolysis) is 1. The molecule has 2 heterocycles. The number of nitrogens with one attached hydrogen (secondary N) is 1. The summed E-state index contributed by atoms with van der Waals surface area (Å²) in [6.45, 7) is 7.41. The number of amides is 2. The van der Waals surface area contributed by atoms with E-state index >= 15 is 0 Å². The number of hydrogen-bond acceptors (Lipinski definition) is 7. The quantitative estimate of drug-likeness (QED) is 0.136. The number of carboxylic acid groups (broad SMARTS) is 1. The summed E-state index contributed by atoms with van der Waals surface area (Å²) in [5.41, 5.74) is -1.76. The van der Waals surface area contributed by atoms with Crippen LogP contribution >= 0.6 is 0 Å². The molecule has 0 unspecified atom stereocenters. The van der Waals surface area contributed by atoms with Crippen molar-refractivity contribution in [3.8, 4) is 17.1 Å². The first kappa shape index (κ1) is 32.4. The van der Waals surface area contributed by atoms with Crippen molar-refractivity contribution in [2.75, 3.05) is 13.2 Å². The Bertz CT molecular complexity index is 1290. The molecule has 3 rings (SSSR count). The fourth-order valence-electron chi connectivity index (χ4n) is 4.23. The van der Waals surface area contributed by atoms with Crippen LogP contribution in [0.15, 0.2) is 39.9 Å². The Balaban J connectivity index is 1.79. The SMILES string of the molecule is CCCC/C=C\CCOc1ccc(-c2noc([C@@H]3CCCN3/C(=N/C(=O)O)NC(=O)OC(C)(C)C)n2)cc1C(F)(F)F. The summed E-state index contributed by atoms with van der Waals surface area (Å²) in [4.78, 5) is 32.9. The van der Waals surface area contributed by atoms with Crippen molar-refractivity contribution in [1.29, 1.82) is 0 Å². The van der Waals surface area contributed by atoms with E-state index < -0.39 is 35.6 Å². The maximum absolute atomic E-state index is 13.9. The van der Waals surface area contributed by atoms with Gasteiger partial charge in [0, 0.05) is 12.1 Å². The molecule has 0 bridgehead atoms. The van der Waals surface area contributed by atoms with Crippen molar-refractivity contribution < 1.29 is 41.9 Å². The Morgan fingerprint density at radius 3 is 2.64 bits per heavy atom. The lowest BCUT2D eigenvalue weighted by molar-refractivity contribution is -0.138. The topological polar surface area (TPSA) is 139 Å². The van der Waals surface area contributed by atoms with Gasteiger partial charge in [0.2, 0.25) is 17.7 Å². The zero-order chi connectivity index (χ0) is 30.9. The molecular weight excluding hydrogens is 559 g/mol. The normalized spacial score (nSPS) is 16.2. The number of carbonyl (C=O) groups excluding carboxylic acids is 1. The van der Waals surface area contributed by atoms with Gasteiger partial charge in [-0.1, -0.05) is 37.1 Å². The summed E-state index contributed by atoms with van der Waals surface area (Å²) in [7, 11) is 0. The van der Waals surface area contributed by atoms with E-state index in [1.54, 1.807) is 20.8 Å². The molecule has 42 heavy (non-hydrogen) atoms. The minimum atomic E-state index is -4.69. The number of allylic oxidation sites excluding steroid dienone is 1. The lowest BCUT2D eigenvalue weighted by Crippen LogP contribution is -2.46. The molecule has 0 spiro atoms. The first-order valence-electron chi connectivity index (χ1n) is 13.7. The summed E-state index contributed by atoms with van der Waals surface area (Å²) in [6.07, 6.45) is 1.24. The number of aromatic nitrogens is 2. The van der Waals surface area contributed by atoms with Crippen molar-refractivity contribution in [2.24, 2.45) is 4.99 Å². The predicted octanol–water partition coefficient (Wildman–Crippen LogP) is 6.97. The third kappa shape index (κ3) is 9.48. The molecule has 1 fully saturated rings. The van der Waals surface area contributed by atoms with Gasteiger partial charge < -0.3 is 24.0 Å². The Morgan fingerprint density at radius 1 is 1.24 bits per heavy atom. The highest BCUT2D eigenvalue weighted by molar-refractivity contribution is 5.98. The average Bonchev–Trinajstić information content (AvgIpc) is 3.56. The number of rotatable bonds is 9. The zero-order valence-electron chi connectivity index (χ0n) is 24.0. The van der Waals surface area contributed by atoms with Gasteiger partial charge >= 0.3 is 18.4 Å². The first-order valence-corrected chi connectivity index (χ1v) is 13.7. The van der Waals surface area contributed by atoms with Gasteiger partial charge in [0.05, 0.1) is 12.2 Å². The van der Waals surface area contributed by atoms with E-state index in [1.807, 2.05) is 12.2 Å². The van der Waals surface area contributed by atoms with Crippen LogP contribution < -0.4 is 10.1 Å². The molecule has 1 aliphatic rings. The molecule has 0 saturated carbocycles. The molecule has 1 aliphatic heterocycles. The largest absolute Gasteiger partial charge is 0.493 e. The molecule has 2 aromatic rings. The average molecular weight is 596 g/mol. The van der Waals surface area contributed by atoms with Crippen LogP contribution in [-0.2, 0) is 10.9 Å². The minimum Gasteiger partial charge on any atom is -0.493 e. The predicted molar refractivity (Wildman–Crippen MR) is 147 cm³/mol. The number of alkyl halides is 3. The third-order valence-corrected chi connectivity index (χ3v) is 6.04. The third-order valence-electron chi connectivity index (χ3n) is 6.04. The number of carbonyl (C=O) groups is 2. The molecular formula is C28H36F3N5O6. The highest BCUT2D eigenvalue weighted by atomic mass is 19.4. The smallest absolute Gasteiger partial charge is 0.434 e. The Morgan fingerprint density at radius 2 is 1.98 bits per heavy atom. The van der Waals surface area contributed by atoms with Crippen LogP contribution in [0.5, 0.6) is 5.75 Å². The number of unbranched alkanes of at least 4 members (excludes halogenated alkanes) is 2. The molecule has 0 radical (unpaired) electrons. The highest BCUT2D eigenvalue weighted by Crippen LogP contribution is 2.39. The Labute approximate surface area is 241 Å². The number of aliphatic imine (C=N–C) groups is 1. The van der Waals surface area contributed by atoms with Crippen molar-refractivity contribution in [3.63, 3.8) is 0 Å². The van der Waals surface area contributed by atoms with Crippen LogP contribution in [0.2, 0.25) is 0 Å². The maximum Gasteiger partial charge on any atom is 0.434 e. The lowest BCUT2D eigenvalue weighted by Gasteiger charge is -2.26. The van der Waals surface area contributed by atoms with E-state index in [-0.39, 0.29) is 35.6 Å². The number of hydrogen-bond donors (Lipinski definition) is 2. The Hall–Kier alpha value is -4.10. The Kier molecular flexibility index (Phi) is 10.9. The molecule has 14 heteroatoms. The summed E-state index contributed by atoms with van der Waals surface area (Å²) < 4.78 is 57.7. The van der Waals surface area contributed by atoms with Crippen molar-refractivity contribution >= 4 is 18.1 Å². The van der Waals surface area contributed by atoms with Crippen molar-refractivity contribution in [2.45, 2.75) is 84.0 Å². The van der Waals surface area contributed by atoms with Crippen LogP contribution in [-0.4, -0.2) is 57.0 Å². The highest BCUT2D eigenvalue weighted by Gasteiger charge is 2.37. The fourth-order valence-corrected chi connectivity index (χ4v) is 4.23. The molecule has 2 amide bonds. The molecule has 11 nitrogen and oxygen atoms in total. The van der Waals surface area contributed by atoms with Gasteiger partial charge in [0.25, 0.3) is 0 Å². The summed E-state index contributed by atoms with van der Waals surface area (Å²) in [6, 6.07) is 2.84. The van der Waals surface area contributed by atoms with Crippen molar-refractivity contribution in [1.82, 2.24) is 20.4 Å². The van der Waals surface area contributed by atoms with E-state index in [2.05, 4.69) is 27.4 Å². The number of guanidine groups is 1. The van der Waals surface area contributed by atoms with Gasteiger partial charge in [-0.15, -0.1) is 4.99 Å². The second-order valence-electron chi connectivity index (χ2n) is 10.6. The van der Waals surface area contributed by atoms with Gasteiger partial charge in [-0.3, -0.25) is 5.32 Å². The van der Waals surface area contributed by atoms with Crippen LogP contribution in [0.1, 0.15) is 83.7 Å². The number of benzene rings is 1.